The lowest BCUT2D eigenvalue weighted by Gasteiger charge is -2.08. The van der Waals surface area contributed by atoms with E-state index >= 15 is 0 Å². The van der Waals surface area contributed by atoms with Crippen molar-refractivity contribution in [3.8, 4) is 0 Å². The zero-order chi connectivity index (χ0) is 21.0. The first-order chi connectivity index (χ1) is 13.8. The summed E-state index contributed by atoms with van der Waals surface area (Å²) in [6, 6.07) is 13.5. The van der Waals surface area contributed by atoms with Crippen molar-refractivity contribution in [1.82, 2.24) is 9.78 Å². The van der Waals surface area contributed by atoms with Crippen molar-refractivity contribution in [3.63, 3.8) is 0 Å². The third kappa shape index (κ3) is 5.78. The number of anilines is 2. The van der Waals surface area contributed by atoms with E-state index in [-0.39, 0.29) is 18.2 Å². The monoisotopic (exact) mass is 390 g/mol. The number of rotatable bonds is 6. The molecule has 3 aromatic rings. The van der Waals surface area contributed by atoms with E-state index in [1.807, 2.05) is 58.0 Å². The molecule has 1 heterocycles. The molecule has 1 aromatic heterocycles. The van der Waals surface area contributed by atoms with Crippen molar-refractivity contribution in [1.29, 1.82) is 0 Å². The molecule has 0 bridgehead atoms. The fourth-order valence-electron chi connectivity index (χ4n) is 3.34. The highest BCUT2D eigenvalue weighted by atomic mass is 16.2. The molecule has 0 saturated heterocycles. The summed E-state index contributed by atoms with van der Waals surface area (Å²) in [6.45, 7) is 8.36. The van der Waals surface area contributed by atoms with Gasteiger partial charge in [0.15, 0.2) is 5.69 Å². The van der Waals surface area contributed by atoms with Gasteiger partial charge in [0.2, 0.25) is 5.91 Å². The highest BCUT2D eigenvalue weighted by Crippen LogP contribution is 2.15. The molecular formula is C23H26N4O2. The Bertz CT molecular complexity index is 1010. The van der Waals surface area contributed by atoms with Crippen LogP contribution in [0.4, 0.5) is 11.4 Å². The first-order valence-corrected chi connectivity index (χ1v) is 9.60. The Labute approximate surface area is 170 Å². The third-order valence-electron chi connectivity index (χ3n) is 4.43. The smallest absolute Gasteiger partial charge is 0.276 e. The number of amides is 2. The van der Waals surface area contributed by atoms with Crippen LogP contribution in [-0.2, 0) is 11.3 Å². The van der Waals surface area contributed by atoms with E-state index in [9.17, 15) is 9.59 Å². The number of nitrogens with one attached hydrogen (secondary N) is 2. The van der Waals surface area contributed by atoms with Crippen molar-refractivity contribution in [2.75, 3.05) is 10.6 Å². The minimum atomic E-state index is -0.270. The van der Waals surface area contributed by atoms with E-state index in [1.54, 1.807) is 16.9 Å². The normalized spacial score (nSPS) is 10.6. The molecule has 3 rings (SSSR count). The Morgan fingerprint density at radius 2 is 1.34 bits per heavy atom. The first kappa shape index (κ1) is 20.3. The van der Waals surface area contributed by atoms with Gasteiger partial charge in [-0.25, -0.2) is 0 Å². The van der Waals surface area contributed by atoms with Gasteiger partial charge in [0.1, 0.15) is 0 Å². The van der Waals surface area contributed by atoms with Gasteiger partial charge in [0.25, 0.3) is 5.91 Å². The highest BCUT2D eigenvalue weighted by Gasteiger charge is 2.11. The van der Waals surface area contributed by atoms with Crippen LogP contribution in [0, 0.1) is 27.7 Å². The summed E-state index contributed by atoms with van der Waals surface area (Å²) in [5.74, 6) is -0.361. The number of aryl methyl sites for hydroxylation is 5. The fourth-order valence-corrected chi connectivity index (χ4v) is 3.34. The number of nitrogens with zero attached hydrogens (tertiary/aromatic N) is 2. The van der Waals surface area contributed by atoms with E-state index in [0.29, 0.717) is 12.2 Å². The number of hydrogen-bond donors (Lipinski definition) is 2. The summed E-state index contributed by atoms with van der Waals surface area (Å²) in [5.41, 5.74) is 6.23. The molecule has 0 aliphatic carbocycles. The van der Waals surface area contributed by atoms with Gasteiger partial charge in [0, 0.05) is 30.5 Å². The van der Waals surface area contributed by atoms with Gasteiger partial charge < -0.3 is 10.6 Å². The average molecular weight is 390 g/mol. The standard InChI is InChI=1S/C23H26N4O2/c1-15-9-16(2)12-19(11-15)24-22(28)6-8-27-7-5-21(26-27)23(29)25-20-13-17(3)10-18(4)14-20/h5,7,9-14H,6,8H2,1-4H3,(H,24,28)(H,25,29). The summed E-state index contributed by atoms with van der Waals surface area (Å²) in [5, 5.41) is 10.1. The van der Waals surface area contributed by atoms with Crippen LogP contribution in [0.2, 0.25) is 0 Å². The van der Waals surface area contributed by atoms with E-state index in [4.69, 9.17) is 0 Å². The molecule has 150 valence electrons. The summed E-state index contributed by atoms with van der Waals surface area (Å²) < 4.78 is 1.61. The number of aromatic nitrogens is 2. The second kappa shape index (κ2) is 8.73. The second-order valence-electron chi connectivity index (χ2n) is 7.47. The van der Waals surface area contributed by atoms with Crippen LogP contribution < -0.4 is 10.6 Å². The molecule has 6 heteroatoms. The number of carbonyl (C=O) groups excluding carboxylic acids is 2. The van der Waals surface area contributed by atoms with Gasteiger partial charge >= 0.3 is 0 Å². The molecule has 0 aliphatic rings. The van der Waals surface area contributed by atoms with Gasteiger partial charge in [-0.3, -0.25) is 14.3 Å². The predicted octanol–water partition coefficient (Wildman–Crippen LogP) is 4.40. The second-order valence-corrected chi connectivity index (χ2v) is 7.47. The van der Waals surface area contributed by atoms with Crippen LogP contribution in [0.3, 0.4) is 0 Å². The summed E-state index contributed by atoms with van der Waals surface area (Å²) in [4.78, 5) is 24.6. The lowest BCUT2D eigenvalue weighted by atomic mass is 10.1. The lowest BCUT2D eigenvalue weighted by Crippen LogP contribution is -2.16. The topological polar surface area (TPSA) is 76.0 Å². The first-order valence-electron chi connectivity index (χ1n) is 9.60. The minimum Gasteiger partial charge on any atom is -0.326 e. The number of benzene rings is 2. The molecule has 6 nitrogen and oxygen atoms in total. The zero-order valence-corrected chi connectivity index (χ0v) is 17.2. The molecule has 0 fully saturated rings. The largest absolute Gasteiger partial charge is 0.326 e. The molecule has 0 aliphatic heterocycles. The van der Waals surface area contributed by atoms with Crippen molar-refractivity contribution >= 4 is 23.2 Å². The van der Waals surface area contributed by atoms with Crippen molar-refractivity contribution in [3.05, 3.63) is 76.6 Å². The maximum absolute atomic E-state index is 12.4. The van der Waals surface area contributed by atoms with Crippen molar-refractivity contribution < 1.29 is 9.59 Å². The number of carbonyl (C=O) groups is 2. The SMILES string of the molecule is Cc1cc(C)cc(NC(=O)CCn2ccc(C(=O)Nc3cc(C)cc(C)c3)n2)c1. The molecule has 2 amide bonds. The van der Waals surface area contributed by atoms with Gasteiger partial charge in [-0.2, -0.15) is 5.10 Å². The average Bonchev–Trinajstić information content (AvgIpc) is 3.07. The van der Waals surface area contributed by atoms with Crippen LogP contribution >= 0.6 is 0 Å². The fraction of sp³-hybridized carbons (Fsp3) is 0.261. The summed E-state index contributed by atoms with van der Waals surface area (Å²) in [6.07, 6.45) is 1.98. The molecule has 0 saturated carbocycles. The molecule has 0 radical (unpaired) electrons. The predicted molar refractivity (Wildman–Crippen MR) is 115 cm³/mol. The van der Waals surface area contributed by atoms with Crippen LogP contribution in [0.25, 0.3) is 0 Å². The molecule has 0 unspecified atom stereocenters. The molecule has 29 heavy (non-hydrogen) atoms. The van der Waals surface area contributed by atoms with Crippen LogP contribution in [-0.4, -0.2) is 21.6 Å². The van der Waals surface area contributed by atoms with Crippen molar-refractivity contribution in [2.24, 2.45) is 0 Å². The van der Waals surface area contributed by atoms with Gasteiger partial charge in [-0.1, -0.05) is 12.1 Å². The minimum absolute atomic E-state index is 0.0910. The summed E-state index contributed by atoms with van der Waals surface area (Å²) >= 11 is 0. The zero-order valence-electron chi connectivity index (χ0n) is 17.2. The van der Waals surface area contributed by atoms with E-state index in [2.05, 4.69) is 21.8 Å². The molecule has 0 atom stereocenters. The molecule has 2 aromatic carbocycles. The maximum Gasteiger partial charge on any atom is 0.276 e. The maximum atomic E-state index is 12.4. The lowest BCUT2D eigenvalue weighted by molar-refractivity contribution is -0.116. The van der Waals surface area contributed by atoms with Gasteiger partial charge in [0.05, 0.1) is 0 Å². The number of hydrogen-bond acceptors (Lipinski definition) is 3. The van der Waals surface area contributed by atoms with E-state index in [1.165, 1.54) is 0 Å². The van der Waals surface area contributed by atoms with Crippen LogP contribution in [0.15, 0.2) is 48.7 Å². The van der Waals surface area contributed by atoms with Gasteiger partial charge in [-0.05, 0) is 80.3 Å². The Morgan fingerprint density at radius 3 is 1.90 bits per heavy atom. The summed E-state index contributed by atoms with van der Waals surface area (Å²) in [7, 11) is 0. The van der Waals surface area contributed by atoms with E-state index < -0.39 is 0 Å². The third-order valence-corrected chi connectivity index (χ3v) is 4.43. The Kier molecular flexibility index (Phi) is 6.12. The Hall–Kier alpha value is -3.41. The molecular weight excluding hydrogens is 364 g/mol. The molecule has 2 N–H and O–H groups in total. The van der Waals surface area contributed by atoms with Crippen LogP contribution in [0.1, 0.15) is 39.2 Å². The van der Waals surface area contributed by atoms with Crippen molar-refractivity contribution in [2.45, 2.75) is 40.7 Å². The highest BCUT2D eigenvalue weighted by molar-refractivity contribution is 6.02. The quantitative estimate of drug-likeness (QED) is 0.655. The van der Waals surface area contributed by atoms with Crippen LogP contribution in [0.5, 0.6) is 0 Å². The Morgan fingerprint density at radius 1 is 0.828 bits per heavy atom. The Balaban J connectivity index is 1.55. The molecule has 0 spiro atoms. The van der Waals surface area contributed by atoms with E-state index in [0.717, 1.165) is 33.6 Å². The van der Waals surface area contributed by atoms with Gasteiger partial charge in [-0.15, -0.1) is 0 Å².